The van der Waals surface area contributed by atoms with E-state index in [2.05, 4.69) is 29.8 Å². The van der Waals surface area contributed by atoms with E-state index in [1.807, 2.05) is 49.9 Å². The summed E-state index contributed by atoms with van der Waals surface area (Å²) >= 11 is 0. The van der Waals surface area contributed by atoms with Gasteiger partial charge in [-0.05, 0) is 38.3 Å². The minimum atomic E-state index is -0.679. The Labute approximate surface area is 172 Å². The van der Waals surface area contributed by atoms with Crippen molar-refractivity contribution in [2.75, 3.05) is 23.7 Å². The number of aryl methyl sites for hydroxylation is 1. The van der Waals surface area contributed by atoms with Gasteiger partial charge in [0.05, 0.1) is 25.1 Å². The van der Waals surface area contributed by atoms with Crippen molar-refractivity contribution in [3.63, 3.8) is 0 Å². The van der Waals surface area contributed by atoms with Gasteiger partial charge in [0.1, 0.15) is 23.3 Å². The number of nitrogens with two attached hydrogens (primary N) is 1. The summed E-state index contributed by atoms with van der Waals surface area (Å²) in [6.07, 6.45) is 0.385. The average Bonchev–Trinajstić information content (AvgIpc) is 2.70. The molecule has 0 bridgehead atoms. The summed E-state index contributed by atoms with van der Waals surface area (Å²) in [5, 5.41) is 29.6. The fourth-order valence-electron chi connectivity index (χ4n) is 3.32. The van der Waals surface area contributed by atoms with Crippen LogP contribution in [0, 0.1) is 40.9 Å². The van der Waals surface area contributed by atoms with Crippen LogP contribution in [0.2, 0.25) is 0 Å². The number of nitriles is 3. The van der Waals surface area contributed by atoms with Crippen LogP contribution in [-0.2, 0) is 6.42 Å². The van der Waals surface area contributed by atoms with Gasteiger partial charge in [0.2, 0.25) is 11.6 Å². The van der Waals surface area contributed by atoms with E-state index in [0.29, 0.717) is 30.9 Å². The topological polar surface area (TPSA) is 115 Å². The van der Waals surface area contributed by atoms with Crippen molar-refractivity contribution in [3.8, 4) is 18.2 Å². The molecular formula is C23H25N6+. The first kappa shape index (κ1) is 21.5. The van der Waals surface area contributed by atoms with Gasteiger partial charge >= 0.3 is 0 Å². The zero-order valence-electron chi connectivity index (χ0n) is 17.1. The summed E-state index contributed by atoms with van der Waals surface area (Å²) in [7, 11) is 0. The van der Waals surface area contributed by atoms with E-state index >= 15 is 0 Å². The highest BCUT2D eigenvalue weighted by Crippen LogP contribution is 2.32. The zero-order valence-corrected chi connectivity index (χ0v) is 17.1. The second-order valence-electron chi connectivity index (χ2n) is 7.12. The number of nitrogens with one attached hydrogen (secondary N) is 1. The molecule has 0 radical (unpaired) electrons. The van der Waals surface area contributed by atoms with Crippen molar-refractivity contribution in [3.05, 3.63) is 64.2 Å². The summed E-state index contributed by atoms with van der Waals surface area (Å²) < 4.78 is 0. The maximum atomic E-state index is 9.96. The molecule has 2 aromatic rings. The number of hydrogen-bond acceptors (Lipinski definition) is 5. The molecule has 0 aliphatic carbocycles. The number of aromatic amines is 1. The molecule has 0 unspecified atom stereocenters. The highest BCUT2D eigenvalue weighted by Gasteiger charge is 2.30. The molecule has 3 N–H and O–H groups in total. The van der Waals surface area contributed by atoms with Crippen LogP contribution in [0.4, 0.5) is 11.6 Å². The first-order valence-electron chi connectivity index (χ1n) is 9.39. The molecule has 1 heterocycles. The van der Waals surface area contributed by atoms with Gasteiger partial charge in [-0.25, -0.2) is 4.98 Å². The van der Waals surface area contributed by atoms with Crippen molar-refractivity contribution in [1.29, 1.82) is 15.8 Å². The molecule has 1 atom stereocenters. The number of hydrogen-bond donors (Lipinski definition) is 1. The molecule has 0 spiro atoms. The molecule has 6 nitrogen and oxygen atoms in total. The number of nitrogens with zero attached hydrogens (tertiary/aromatic N) is 4. The second kappa shape index (κ2) is 9.40. The van der Waals surface area contributed by atoms with Crippen LogP contribution in [0.1, 0.15) is 47.6 Å². The van der Waals surface area contributed by atoms with Crippen LogP contribution in [0.3, 0.4) is 0 Å². The van der Waals surface area contributed by atoms with Gasteiger partial charge in [0, 0.05) is 5.56 Å². The highest BCUT2D eigenvalue weighted by atomic mass is 15.2. The SMILES string of the molecule is C=C(C)CN(CC)c1[nH+]c(N)c(C#N)c([C@H](C#N)Cc2ccc(C)cc2)c1C#N. The lowest BCUT2D eigenvalue weighted by Crippen LogP contribution is -2.34. The van der Waals surface area contributed by atoms with Gasteiger partial charge in [-0.3, -0.25) is 4.90 Å². The van der Waals surface area contributed by atoms with E-state index in [0.717, 1.165) is 16.7 Å². The van der Waals surface area contributed by atoms with Crippen molar-refractivity contribution in [2.45, 2.75) is 33.1 Å². The minimum absolute atomic E-state index is 0.148. The summed E-state index contributed by atoms with van der Waals surface area (Å²) in [4.78, 5) is 4.93. The number of rotatable bonds is 7. The van der Waals surface area contributed by atoms with Gasteiger partial charge in [-0.1, -0.05) is 36.4 Å². The predicted molar refractivity (Wildman–Crippen MR) is 113 cm³/mol. The lowest BCUT2D eigenvalue weighted by molar-refractivity contribution is -0.346. The van der Waals surface area contributed by atoms with Crippen molar-refractivity contribution < 1.29 is 4.98 Å². The maximum absolute atomic E-state index is 9.96. The monoisotopic (exact) mass is 385 g/mol. The summed E-state index contributed by atoms with van der Waals surface area (Å²) in [6.45, 7) is 10.9. The molecule has 0 aliphatic heterocycles. The van der Waals surface area contributed by atoms with Crippen LogP contribution in [-0.4, -0.2) is 13.1 Å². The number of H-pyrrole nitrogens is 1. The Bertz CT molecular complexity index is 1030. The smallest absolute Gasteiger partial charge is 0.240 e. The van der Waals surface area contributed by atoms with Gasteiger partial charge in [0.15, 0.2) is 0 Å². The van der Waals surface area contributed by atoms with Crippen LogP contribution in [0.25, 0.3) is 0 Å². The molecule has 29 heavy (non-hydrogen) atoms. The quantitative estimate of drug-likeness (QED) is 0.734. The van der Waals surface area contributed by atoms with Crippen molar-refractivity contribution >= 4 is 11.6 Å². The van der Waals surface area contributed by atoms with Gasteiger partial charge in [-0.2, -0.15) is 15.8 Å². The van der Waals surface area contributed by atoms with Gasteiger partial charge in [0.25, 0.3) is 0 Å². The summed E-state index contributed by atoms with van der Waals surface area (Å²) in [5.41, 5.74) is 9.94. The zero-order chi connectivity index (χ0) is 21.6. The second-order valence-corrected chi connectivity index (χ2v) is 7.12. The third-order valence-corrected chi connectivity index (χ3v) is 4.74. The standard InChI is InChI=1S/C23H24N6/c1-5-29(14-15(2)3)23-20(13-26)21(19(12-25)22(27)28-23)18(11-24)10-17-8-6-16(4)7-9-17/h6-9,18H,2,5,10,14H2,1,3-4H3,(H2,27,28)/p+1/t18-/m0/s1. The van der Waals surface area contributed by atoms with Gasteiger partial charge < -0.3 is 5.73 Å². The number of anilines is 2. The Morgan fingerprint density at radius 3 is 2.28 bits per heavy atom. The summed E-state index contributed by atoms with van der Waals surface area (Å²) in [5.74, 6) is -0.0179. The molecule has 0 aliphatic rings. The predicted octanol–water partition coefficient (Wildman–Crippen LogP) is 3.39. The molecule has 2 rings (SSSR count). The Balaban J connectivity index is 2.68. The molecule has 0 fully saturated rings. The number of nitrogen functional groups attached to an aromatic ring is 1. The minimum Gasteiger partial charge on any atom is -0.318 e. The van der Waals surface area contributed by atoms with E-state index in [1.165, 1.54) is 0 Å². The third kappa shape index (κ3) is 4.72. The normalized spacial score (nSPS) is 11.0. The lowest BCUT2D eigenvalue weighted by Gasteiger charge is -2.22. The maximum Gasteiger partial charge on any atom is 0.240 e. The van der Waals surface area contributed by atoms with Crippen molar-refractivity contribution in [1.82, 2.24) is 0 Å². The number of likely N-dealkylation sites (N-methyl/N-ethyl adjacent to an activating group) is 1. The Kier molecular flexibility index (Phi) is 6.96. The Hall–Kier alpha value is -3.82. The third-order valence-electron chi connectivity index (χ3n) is 4.74. The number of benzene rings is 1. The van der Waals surface area contributed by atoms with E-state index < -0.39 is 5.92 Å². The van der Waals surface area contributed by atoms with Crippen LogP contribution < -0.4 is 15.6 Å². The summed E-state index contributed by atoms with van der Waals surface area (Å²) in [6, 6.07) is 14.4. The van der Waals surface area contributed by atoms with Crippen LogP contribution in [0.15, 0.2) is 36.4 Å². The Morgan fingerprint density at radius 2 is 1.79 bits per heavy atom. The fraction of sp³-hybridized carbons (Fsp3) is 0.304. The molecule has 6 heteroatoms. The fourth-order valence-corrected chi connectivity index (χ4v) is 3.32. The van der Waals surface area contributed by atoms with E-state index in [-0.39, 0.29) is 16.9 Å². The largest absolute Gasteiger partial charge is 0.318 e. The molecule has 0 saturated carbocycles. The lowest BCUT2D eigenvalue weighted by atomic mass is 9.87. The van der Waals surface area contributed by atoms with Crippen LogP contribution in [0.5, 0.6) is 0 Å². The molecular weight excluding hydrogens is 360 g/mol. The highest BCUT2D eigenvalue weighted by molar-refractivity contribution is 5.66. The van der Waals surface area contributed by atoms with Gasteiger partial charge in [-0.15, -0.1) is 0 Å². The number of aromatic nitrogens is 1. The first-order valence-corrected chi connectivity index (χ1v) is 9.39. The average molecular weight is 385 g/mol. The Morgan fingerprint density at radius 1 is 1.17 bits per heavy atom. The van der Waals surface area contributed by atoms with Crippen LogP contribution >= 0.6 is 0 Å². The van der Waals surface area contributed by atoms with Crippen molar-refractivity contribution in [2.24, 2.45) is 0 Å². The number of pyridine rings is 1. The molecule has 1 aromatic carbocycles. The first-order chi connectivity index (χ1) is 13.9. The molecule has 146 valence electrons. The van der Waals surface area contributed by atoms with E-state index in [4.69, 9.17) is 5.73 Å². The molecule has 0 amide bonds. The molecule has 1 aromatic heterocycles. The molecule has 0 saturated heterocycles. The van der Waals surface area contributed by atoms with E-state index in [9.17, 15) is 15.8 Å². The van der Waals surface area contributed by atoms with E-state index in [1.54, 1.807) is 0 Å².